The van der Waals surface area contributed by atoms with Crippen molar-refractivity contribution < 1.29 is 0 Å². The van der Waals surface area contributed by atoms with Gasteiger partial charge in [-0.3, -0.25) is 0 Å². The topological polar surface area (TPSA) is 35.8 Å². The lowest BCUT2D eigenvalue weighted by Gasteiger charge is -2.34. The Kier molecular flexibility index (Phi) is 4.27. The summed E-state index contributed by atoms with van der Waals surface area (Å²) in [6, 6.07) is 8.81. The zero-order chi connectivity index (χ0) is 13.9. The second-order valence-corrected chi connectivity index (χ2v) is 6.57. The Hall–Kier alpha value is -1.33. The van der Waals surface area contributed by atoms with Crippen LogP contribution in [0, 0.1) is 23.7 Å². The Morgan fingerprint density at radius 2 is 2.00 bits per heavy atom. The summed E-state index contributed by atoms with van der Waals surface area (Å²) >= 11 is 0. The van der Waals surface area contributed by atoms with E-state index in [1.165, 1.54) is 36.8 Å². The van der Waals surface area contributed by atoms with Gasteiger partial charge in [0.1, 0.15) is 0 Å². The smallest absolute Gasteiger partial charge is 0.0991 e. The van der Waals surface area contributed by atoms with Crippen molar-refractivity contribution in [2.24, 2.45) is 5.41 Å². The van der Waals surface area contributed by atoms with Crippen LogP contribution in [0.3, 0.4) is 0 Å². The highest BCUT2D eigenvalue weighted by molar-refractivity contribution is 5.37. The van der Waals surface area contributed by atoms with E-state index in [0.29, 0.717) is 11.5 Å². The molecular formula is C17H24N2. The van der Waals surface area contributed by atoms with Crippen LogP contribution in [-0.2, 0) is 6.54 Å². The Morgan fingerprint density at radius 1 is 1.32 bits per heavy atom. The van der Waals surface area contributed by atoms with E-state index in [-0.39, 0.29) is 0 Å². The summed E-state index contributed by atoms with van der Waals surface area (Å²) in [5, 5.41) is 12.5. The number of hydrogen-bond donors (Lipinski definition) is 1. The molecule has 0 bridgehead atoms. The third kappa shape index (κ3) is 3.81. The molecule has 0 radical (unpaired) electrons. The molecule has 2 heteroatoms. The van der Waals surface area contributed by atoms with Crippen molar-refractivity contribution in [3.63, 3.8) is 0 Å². The largest absolute Gasteiger partial charge is 0.310 e. The maximum absolute atomic E-state index is 8.87. The van der Waals surface area contributed by atoms with Crippen LogP contribution in [-0.4, -0.2) is 6.04 Å². The van der Waals surface area contributed by atoms with E-state index in [0.717, 1.165) is 12.1 Å². The molecule has 0 heterocycles. The van der Waals surface area contributed by atoms with Gasteiger partial charge >= 0.3 is 0 Å². The minimum Gasteiger partial charge on any atom is -0.310 e. The lowest BCUT2D eigenvalue weighted by atomic mass is 9.75. The van der Waals surface area contributed by atoms with Crippen molar-refractivity contribution in [1.82, 2.24) is 5.32 Å². The normalized spacial score (nSPS) is 19.1. The number of nitrogens with zero attached hydrogens (tertiary/aromatic N) is 1. The molecule has 0 atom stereocenters. The van der Waals surface area contributed by atoms with Gasteiger partial charge in [0.15, 0.2) is 0 Å². The molecule has 1 fully saturated rings. The number of rotatable bonds is 3. The van der Waals surface area contributed by atoms with Crippen molar-refractivity contribution in [1.29, 1.82) is 5.26 Å². The van der Waals surface area contributed by atoms with Gasteiger partial charge in [-0.05, 0) is 61.3 Å². The highest BCUT2D eigenvalue weighted by Crippen LogP contribution is 2.35. The van der Waals surface area contributed by atoms with Crippen molar-refractivity contribution in [3.05, 3.63) is 34.9 Å². The monoisotopic (exact) mass is 256 g/mol. The first-order valence-electron chi connectivity index (χ1n) is 7.23. The molecule has 0 spiro atoms. The minimum absolute atomic E-state index is 0.530. The first-order chi connectivity index (χ1) is 9.00. The Morgan fingerprint density at radius 3 is 2.58 bits per heavy atom. The minimum atomic E-state index is 0.530. The molecule has 1 aliphatic rings. The van der Waals surface area contributed by atoms with Crippen LogP contribution >= 0.6 is 0 Å². The second-order valence-electron chi connectivity index (χ2n) is 6.57. The summed E-state index contributed by atoms with van der Waals surface area (Å²) in [6.07, 6.45) is 5.19. The van der Waals surface area contributed by atoms with Crippen molar-refractivity contribution in [2.45, 2.75) is 59.0 Å². The Labute approximate surface area is 116 Å². The average Bonchev–Trinajstić information content (AvgIpc) is 2.38. The summed E-state index contributed by atoms with van der Waals surface area (Å²) in [6.45, 7) is 7.74. The van der Waals surface area contributed by atoms with Crippen LogP contribution in [0.1, 0.15) is 56.2 Å². The summed E-state index contributed by atoms with van der Waals surface area (Å²) in [5.74, 6) is 0. The van der Waals surface area contributed by atoms with Crippen LogP contribution < -0.4 is 5.32 Å². The standard InChI is InChI=1S/C17H24N2/c1-13-10-14(11-18)4-5-15(13)12-19-16-6-8-17(2,3)9-7-16/h4-5,10,16,19H,6-9,12H2,1-3H3. The average molecular weight is 256 g/mol. The molecular weight excluding hydrogens is 232 g/mol. The zero-order valence-electron chi connectivity index (χ0n) is 12.3. The molecule has 1 N–H and O–H groups in total. The SMILES string of the molecule is Cc1cc(C#N)ccc1CNC1CCC(C)(C)CC1. The van der Waals surface area contributed by atoms with Crippen LogP contribution in [0.4, 0.5) is 0 Å². The van der Waals surface area contributed by atoms with Crippen LogP contribution in [0.2, 0.25) is 0 Å². The number of benzene rings is 1. The van der Waals surface area contributed by atoms with E-state index in [2.05, 4.69) is 38.2 Å². The molecule has 102 valence electrons. The van der Waals surface area contributed by atoms with Crippen molar-refractivity contribution >= 4 is 0 Å². The van der Waals surface area contributed by atoms with Crippen molar-refractivity contribution in [2.75, 3.05) is 0 Å². The molecule has 2 nitrogen and oxygen atoms in total. The first kappa shape index (κ1) is 14.1. The van der Waals surface area contributed by atoms with E-state index in [1.54, 1.807) is 0 Å². The van der Waals surface area contributed by atoms with Gasteiger partial charge in [-0.25, -0.2) is 0 Å². The van der Waals surface area contributed by atoms with E-state index >= 15 is 0 Å². The second kappa shape index (κ2) is 5.75. The van der Waals surface area contributed by atoms with Gasteiger partial charge in [-0.2, -0.15) is 5.26 Å². The van der Waals surface area contributed by atoms with Crippen LogP contribution in [0.25, 0.3) is 0 Å². The summed E-state index contributed by atoms with van der Waals surface area (Å²) in [7, 11) is 0. The van der Waals surface area contributed by atoms with Gasteiger partial charge in [0.25, 0.3) is 0 Å². The van der Waals surface area contributed by atoms with Gasteiger partial charge in [-0.15, -0.1) is 0 Å². The molecule has 0 aliphatic heterocycles. The number of aryl methyl sites for hydroxylation is 1. The zero-order valence-corrected chi connectivity index (χ0v) is 12.3. The van der Waals surface area contributed by atoms with Gasteiger partial charge < -0.3 is 5.32 Å². The molecule has 19 heavy (non-hydrogen) atoms. The third-order valence-corrected chi connectivity index (χ3v) is 4.39. The lowest BCUT2D eigenvalue weighted by molar-refractivity contribution is 0.206. The molecule has 0 amide bonds. The van der Waals surface area contributed by atoms with Gasteiger partial charge in [0.05, 0.1) is 11.6 Å². The fourth-order valence-corrected chi connectivity index (χ4v) is 2.82. The molecule has 1 aliphatic carbocycles. The van der Waals surface area contributed by atoms with E-state index in [4.69, 9.17) is 5.26 Å². The highest BCUT2D eigenvalue weighted by atomic mass is 14.9. The van der Waals surface area contributed by atoms with E-state index in [9.17, 15) is 0 Å². The van der Waals surface area contributed by atoms with Gasteiger partial charge in [-0.1, -0.05) is 19.9 Å². The molecule has 0 aromatic heterocycles. The number of nitrogens with one attached hydrogen (secondary N) is 1. The first-order valence-corrected chi connectivity index (χ1v) is 7.23. The van der Waals surface area contributed by atoms with Crippen LogP contribution in [0.5, 0.6) is 0 Å². The molecule has 1 saturated carbocycles. The van der Waals surface area contributed by atoms with Crippen LogP contribution in [0.15, 0.2) is 18.2 Å². The molecule has 0 unspecified atom stereocenters. The molecule has 0 saturated heterocycles. The predicted molar refractivity (Wildman–Crippen MR) is 78.8 cm³/mol. The van der Waals surface area contributed by atoms with Crippen molar-refractivity contribution in [3.8, 4) is 6.07 Å². The Bertz CT molecular complexity index is 473. The lowest BCUT2D eigenvalue weighted by Crippen LogP contribution is -2.35. The fraction of sp³-hybridized carbons (Fsp3) is 0.588. The maximum atomic E-state index is 8.87. The number of hydrogen-bond acceptors (Lipinski definition) is 2. The highest BCUT2D eigenvalue weighted by Gasteiger charge is 2.26. The molecule has 1 aromatic carbocycles. The summed E-state index contributed by atoms with van der Waals surface area (Å²) < 4.78 is 0. The quantitative estimate of drug-likeness (QED) is 0.889. The molecule has 1 aromatic rings. The van der Waals surface area contributed by atoms with Gasteiger partial charge in [0, 0.05) is 12.6 Å². The van der Waals surface area contributed by atoms with E-state index < -0.39 is 0 Å². The predicted octanol–water partition coefficient (Wildman–Crippen LogP) is 3.93. The fourth-order valence-electron chi connectivity index (χ4n) is 2.82. The van der Waals surface area contributed by atoms with E-state index in [1.807, 2.05) is 12.1 Å². The summed E-state index contributed by atoms with van der Waals surface area (Å²) in [4.78, 5) is 0. The van der Waals surface area contributed by atoms with Gasteiger partial charge in [0.2, 0.25) is 0 Å². The molecule has 2 rings (SSSR count). The Balaban J connectivity index is 1.88. The third-order valence-electron chi connectivity index (χ3n) is 4.39. The maximum Gasteiger partial charge on any atom is 0.0991 e. The summed E-state index contributed by atoms with van der Waals surface area (Å²) in [5.41, 5.74) is 3.80. The number of nitriles is 1.